The largest absolute Gasteiger partial charge is 0.462 e. The maximum Gasteiger partial charge on any atom is 0.334 e. The maximum atomic E-state index is 12.6. The van der Waals surface area contributed by atoms with Crippen LogP contribution in [0.1, 0.15) is 80.6 Å². The third-order valence-corrected chi connectivity index (χ3v) is 3.54. The Morgan fingerprint density at radius 1 is 0.875 bits per heavy atom. The Hall–Kier alpha value is -1.32. The predicted octanol–water partition coefficient (Wildman–Crippen LogP) is 5.06. The van der Waals surface area contributed by atoms with Crippen molar-refractivity contribution in [1.82, 2.24) is 0 Å². The van der Waals surface area contributed by atoms with E-state index in [9.17, 15) is 9.59 Å². The van der Waals surface area contributed by atoms with E-state index in [0.29, 0.717) is 30.8 Å². The Labute approximate surface area is 148 Å². The monoisotopic (exact) mass is 340 g/mol. The quantitative estimate of drug-likeness (QED) is 0.317. The molecule has 24 heavy (non-hydrogen) atoms. The summed E-state index contributed by atoms with van der Waals surface area (Å²) in [5.74, 6) is -0.852. The fourth-order valence-electron chi connectivity index (χ4n) is 2.30. The van der Waals surface area contributed by atoms with Gasteiger partial charge >= 0.3 is 11.9 Å². The van der Waals surface area contributed by atoms with E-state index in [-0.39, 0.29) is 23.3 Å². The van der Waals surface area contributed by atoms with Crippen molar-refractivity contribution in [2.45, 2.75) is 80.6 Å². The lowest BCUT2D eigenvalue weighted by atomic mass is 9.83. The minimum Gasteiger partial charge on any atom is -0.462 e. The fraction of sp³-hybridized carbons (Fsp3) is 0.800. The number of carbonyl (C=O) groups excluding carboxylic acids is 2. The van der Waals surface area contributed by atoms with Gasteiger partial charge in [-0.1, -0.05) is 61.3 Å². The van der Waals surface area contributed by atoms with Gasteiger partial charge in [0.1, 0.15) is 0 Å². The van der Waals surface area contributed by atoms with Gasteiger partial charge in [0.2, 0.25) is 0 Å². The van der Waals surface area contributed by atoms with Crippen molar-refractivity contribution in [3.8, 4) is 0 Å². The summed E-state index contributed by atoms with van der Waals surface area (Å²) < 4.78 is 10.8. The van der Waals surface area contributed by atoms with Crippen LogP contribution < -0.4 is 0 Å². The van der Waals surface area contributed by atoms with E-state index in [2.05, 4.69) is 0 Å². The molecule has 4 heteroatoms. The van der Waals surface area contributed by atoms with Crippen LogP contribution in [0.5, 0.6) is 0 Å². The molecule has 0 aliphatic carbocycles. The fourth-order valence-corrected chi connectivity index (χ4v) is 2.30. The van der Waals surface area contributed by atoms with Gasteiger partial charge in [-0.15, -0.1) is 0 Å². The van der Waals surface area contributed by atoms with Crippen molar-refractivity contribution in [2.24, 2.45) is 11.3 Å². The van der Waals surface area contributed by atoms with E-state index < -0.39 is 0 Å². The molecule has 0 fully saturated rings. The Kier molecular flexibility index (Phi) is 10.7. The first-order valence-electron chi connectivity index (χ1n) is 9.21. The molecule has 0 unspecified atom stereocenters. The van der Waals surface area contributed by atoms with Gasteiger partial charge in [0.25, 0.3) is 0 Å². The highest BCUT2D eigenvalue weighted by Gasteiger charge is 2.29. The minimum absolute atomic E-state index is 0.0878. The molecule has 0 atom stereocenters. The van der Waals surface area contributed by atoms with Crippen LogP contribution in [-0.2, 0) is 19.1 Å². The second kappa shape index (κ2) is 11.3. The Balaban J connectivity index is 5.53. The first kappa shape index (κ1) is 22.7. The average molecular weight is 341 g/mol. The molecular weight excluding hydrogens is 304 g/mol. The van der Waals surface area contributed by atoms with E-state index in [4.69, 9.17) is 9.47 Å². The molecule has 0 saturated carbocycles. The summed E-state index contributed by atoms with van der Waals surface area (Å²) in [6.45, 7) is 14.8. The summed E-state index contributed by atoms with van der Waals surface area (Å²) in [6, 6.07) is 0. The molecule has 0 aromatic rings. The van der Waals surface area contributed by atoms with Crippen LogP contribution in [0.4, 0.5) is 0 Å². The van der Waals surface area contributed by atoms with Crippen LogP contribution in [-0.4, -0.2) is 25.2 Å². The van der Waals surface area contributed by atoms with Crippen LogP contribution in [0.25, 0.3) is 0 Å². The number of unbranched alkanes of at least 4 members (excludes halogenated alkanes) is 2. The highest BCUT2D eigenvalue weighted by molar-refractivity contribution is 6.00. The number of rotatable bonds is 10. The highest BCUT2D eigenvalue weighted by atomic mass is 16.5. The van der Waals surface area contributed by atoms with E-state index in [0.717, 1.165) is 25.7 Å². The molecule has 0 saturated heterocycles. The van der Waals surface area contributed by atoms with Crippen molar-refractivity contribution < 1.29 is 19.1 Å². The lowest BCUT2D eigenvalue weighted by Gasteiger charge is -2.23. The molecule has 0 heterocycles. The third kappa shape index (κ3) is 9.09. The number of ether oxygens (including phenoxy) is 2. The van der Waals surface area contributed by atoms with Crippen LogP contribution in [0, 0.1) is 11.3 Å². The van der Waals surface area contributed by atoms with E-state index in [1.165, 1.54) is 0 Å². The van der Waals surface area contributed by atoms with Gasteiger partial charge in [-0.25, -0.2) is 9.59 Å². The molecule has 4 nitrogen and oxygen atoms in total. The summed E-state index contributed by atoms with van der Waals surface area (Å²) in [5, 5.41) is 0. The molecule has 0 aliphatic heterocycles. The molecule has 0 rings (SSSR count). The standard InChI is InChI=1S/C20H36O4/c1-8-10-12-23-18(21)16(14-20(5,6)7)17(15(3)4)19(22)24-13-11-9-2/h15H,8-14H2,1-7H3. The van der Waals surface area contributed by atoms with Gasteiger partial charge in [-0.3, -0.25) is 0 Å². The number of hydrogen-bond acceptors (Lipinski definition) is 4. The molecule has 0 bridgehead atoms. The van der Waals surface area contributed by atoms with Gasteiger partial charge < -0.3 is 9.47 Å². The zero-order chi connectivity index (χ0) is 18.8. The molecule has 0 amide bonds. The maximum absolute atomic E-state index is 12.6. The zero-order valence-electron chi connectivity index (χ0n) is 16.7. The Bertz CT molecular complexity index is 427. The van der Waals surface area contributed by atoms with Crippen molar-refractivity contribution in [3.63, 3.8) is 0 Å². The normalized spacial score (nSPS) is 12.8. The van der Waals surface area contributed by atoms with E-state index in [1.54, 1.807) is 0 Å². The third-order valence-electron chi connectivity index (χ3n) is 3.54. The molecule has 0 radical (unpaired) electrons. The molecule has 0 aromatic heterocycles. The first-order valence-corrected chi connectivity index (χ1v) is 9.21. The van der Waals surface area contributed by atoms with Gasteiger partial charge in [-0.2, -0.15) is 0 Å². The molecule has 140 valence electrons. The molecule has 0 spiro atoms. The van der Waals surface area contributed by atoms with Gasteiger partial charge in [0.05, 0.1) is 18.8 Å². The van der Waals surface area contributed by atoms with E-state index >= 15 is 0 Å². The van der Waals surface area contributed by atoms with Crippen molar-refractivity contribution in [3.05, 3.63) is 11.1 Å². The molecule has 0 aliphatic rings. The first-order chi connectivity index (χ1) is 11.1. The lowest BCUT2D eigenvalue weighted by Crippen LogP contribution is -2.23. The summed E-state index contributed by atoms with van der Waals surface area (Å²) in [7, 11) is 0. The van der Waals surface area contributed by atoms with Crippen molar-refractivity contribution in [2.75, 3.05) is 13.2 Å². The SMILES string of the molecule is CCCCOC(=O)C(CC(C)(C)C)=C(C(=O)OCCCC)C(C)C. The summed E-state index contributed by atoms with van der Waals surface area (Å²) >= 11 is 0. The average Bonchev–Trinajstić information content (AvgIpc) is 2.45. The summed E-state index contributed by atoms with van der Waals surface area (Å²) in [4.78, 5) is 25.1. The van der Waals surface area contributed by atoms with Crippen molar-refractivity contribution >= 4 is 11.9 Å². The van der Waals surface area contributed by atoms with Crippen molar-refractivity contribution in [1.29, 1.82) is 0 Å². The van der Waals surface area contributed by atoms with E-state index in [1.807, 2.05) is 48.5 Å². The second-order valence-electron chi connectivity index (χ2n) is 7.76. The Morgan fingerprint density at radius 2 is 1.33 bits per heavy atom. The van der Waals surface area contributed by atoms with Crippen LogP contribution >= 0.6 is 0 Å². The summed E-state index contributed by atoms with van der Waals surface area (Å²) in [6.07, 6.45) is 4.07. The number of esters is 2. The minimum atomic E-state index is -0.384. The predicted molar refractivity (Wildman–Crippen MR) is 97.7 cm³/mol. The molecule has 0 N–H and O–H groups in total. The van der Waals surface area contributed by atoms with Crippen LogP contribution in [0.2, 0.25) is 0 Å². The lowest BCUT2D eigenvalue weighted by molar-refractivity contribution is -0.143. The second-order valence-corrected chi connectivity index (χ2v) is 7.76. The summed E-state index contributed by atoms with van der Waals surface area (Å²) in [5.41, 5.74) is 0.806. The number of carbonyl (C=O) groups is 2. The smallest absolute Gasteiger partial charge is 0.334 e. The number of hydrogen-bond donors (Lipinski definition) is 0. The zero-order valence-corrected chi connectivity index (χ0v) is 16.7. The molecule has 0 aromatic carbocycles. The Morgan fingerprint density at radius 3 is 1.71 bits per heavy atom. The topological polar surface area (TPSA) is 52.6 Å². The van der Waals surface area contributed by atoms with Crippen LogP contribution in [0.15, 0.2) is 11.1 Å². The van der Waals surface area contributed by atoms with Crippen LogP contribution in [0.3, 0.4) is 0 Å². The van der Waals surface area contributed by atoms with Gasteiger partial charge in [-0.05, 0) is 30.6 Å². The highest BCUT2D eigenvalue weighted by Crippen LogP contribution is 2.30. The molecular formula is C20H36O4. The van der Waals surface area contributed by atoms with Gasteiger partial charge in [0, 0.05) is 5.57 Å². The van der Waals surface area contributed by atoms with Gasteiger partial charge in [0.15, 0.2) is 0 Å².